The Bertz CT molecular complexity index is 1560. The van der Waals surface area contributed by atoms with Crippen molar-refractivity contribution >= 4 is 54.9 Å². The van der Waals surface area contributed by atoms with Gasteiger partial charge < -0.3 is 4.98 Å². The van der Waals surface area contributed by atoms with Gasteiger partial charge in [0.25, 0.3) is 11.1 Å². The van der Waals surface area contributed by atoms with Crippen molar-refractivity contribution in [3.8, 4) is 11.1 Å². The normalized spacial score (nSPS) is 11.6. The van der Waals surface area contributed by atoms with Crippen LogP contribution in [-0.2, 0) is 12.8 Å². The summed E-state index contributed by atoms with van der Waals surface area (Å²) in [4.78, 5) is 40.4. The number of hydrogen-bond donors (Lipinski definition) is 1. The molecule has 156 valence electrons. The van der Waals surface area contributed by atoms with Gasteiger partial charge in [0.15, 0.2) is 5.16 Å². The number of H-pyrrole nitrogens is 1. The Morgan fingerprint density at radius 1 is 1.06 bits per heavy atom. The van der Waals surface area contributed by atoms with Gasteiger partial charge in [-0.25, -0.2) is 9.97 Å². The van der Waals surface area contributed by atoms with Crippen molar-refractivity contribution in [1.29, 1.82) is 0 Å². The number of hydrogen-bond acceptors (Lipinski definition) is 7. The summed E-state index contributed by atoms with van der Waals surface area (Å²) in [6.07, 6.45) is 0. The quantitative estimate of drug-likeness (QED) is 0.302. The van der Waals surface area contributed by atoms with Crippen LogP contribution in [0.1, 0.15) is 16.3 Å². The largest absolute Gasteiger partial charge is 0.309 e. The molecule has 4 heterocycles. The van der Waals surface area contributed by atoms with Crippen molar-refractivity contribution in [2.24, 2.45) is 7.05 Å². The molecular weight excluding hydrogens is 448 g/mol. The van der Waals surface area contributed by atoms with Crippen LogP contribution in [0, 0.1) is 13.8 Å². The number of thioether (sulfide) groups is 1. The Hall–Kier alpha value is -2.75. The number of benzene rings is 1. The molecule has 0 bridgehead atoms. The van der Waals surface area contributed by atoms with E-state index in [2.05, 4.69) is 9.97 Å². The molecule has 0 radical (unpaired) electrons. The number of fused-ring (bicyclic) bond motifs is 2. The predicted octanol–water partition coefficient (Wildman–Crippen LogP) is 4.87. The highest BCUT2D eigenvalue weighted by atomic mass is 32.2. The zero-order chi connectivity index (χ0) is 21.7. The van der Waals surface area contributed by atoms with E-state index in [0.717, 1.165) is 26.4 Å². The summed E-state index contributed by atoms with van der Waals surface area (Å²) in [6, 6.07) is 9.87. The second-order valence-electron chi connectivity index (χ2n) is 7.22. The maximum atomic E-state index is 13.1. The Morgan fingerprint density at radius 3 is 2.61 bits per heavy atom. The van der Waals surface area contributed by atoms with Crippen LogP contribution in [0.2, 0.25) is 0 Å². The molecule has 0 amide bonds. The summed E-state index contributed by atoms with van der Waals surface area (Å²) in [5, 5.41) is 3.88. The van der Waals surface area contributed by atoms with Gasteiger partial charge in [-0.2, -0.15) is 0 Å². The molecule has 0 fully saturated rings. The molecule has 0 aliphatic rings. The molecule has 9 heteroatoms. The zero-order valence-corrected chi connectivity index (χ0v) is 19.5. The first kappa shape index (κ1) is 20.2. The van der Waals surface area contributed by atoms with E-state index in [-0.39, 0.29) is 11.1 Å². The van der Waals surface area contributed by atoms with Crippen LogP contribution in [0.25, 0.3) is 31.6 Å². The Morgan fingerprint density at radius 2 is 1.84 bits per heavy atom. The fourth-order valence-corrected chi connectivity index (χ4v) is 6.39. The molecule has 0 spiro atoms. The first-order chi connectivity index (χ1) is 14.9. The van der Waals surface area contributed by atoms with Crippen LogP contribution in [0.3, 0.4) is 0 Å². The van der Waals surface area contributed by atoms with Gasteiger partial charge in [-0.15, -0.1) is 22.7 Å². The van der Waals surface area contributed by atoms with Crippen LogP contribution in [-0.4, -0.2) is 19.5 Å². The molecule has 1 N–H and O–H groups in total. The van der Waals surface area contributed by atoms with E-state index >= 15 is 0 Å². The second-order valence-corrected chi connectivity index (χ2v) is 10.2. The molecule has 0 aliphatic carbocycles. The molecule has 0 saturated heterocycles. The molecule has 0 saturated carbocycles. The predicted molar refractivity (Wildman–Crippen MR) is 130 cm³/mol. The molecule has 31 heavy (non-hydrogen) atoms. The Kier molecular flexibility index (Phi) is 5.04. The fourth-order valence-electron chi connectivity index (χ4n) is 3.51. The highest BCUT2D eigenvalue weighted by Crippen LogP contribution is 2.32. The number of rotatable bonds is 4. The first-order valence-electron chi connectivity index (χ1n) is 9.59. The van der Waals surface area contributed by atoms with Gasteiger partial charge in [-0.05, 0) is 25.0 Å². The number of thiophene rings is 2. The number of aryl methyl sites for hydroxylation is 2. The van der Waals surface area contributed by atoms with Crippen LogP contribution >= 0.6 is 34.4 Å². The SMILES string of the molecule is Cc1sc2nc(CSc3nc4scc(-c5ccccc5)c4c(=O)n3C)[nH]c(=O)c2c1C. The highest BCUT2D eigenvalue weighted by Gasteiger charge is 2.17. The van der Waals surface area contributed by atoms with Crippen LogP contribution in [0.5, 0.6) is 0 Å². The summed E-state index contributed by atoms with van der Waals surface area (Å²) in [7, 11) is 1.73. The van der Waals surface area contributed by atoms with E-state index in [4.69, 9.17) is 4.98 Å². The van der Waals surface area contributed by atoms with Gasteiger partial charge in [0, 0.05) is 22.9 Å². The number of nitrogens with one attached hydrogen (secondary N) is 1. The van der Waals surface area contributed by atoms with E-state index < -0.39 is 0 Å². The molecule has 5 aromatic rings. The minimum Gasteiger partial charge on any atom is -0.309 e. The van der Waals surface area contributed by atoms with Crippen molar-refractivity contribution in [2.45, 2.75) is 24.8 Å². The summed E-state index contributed by atoms with van der Waals surface area (Å²) in [5.74, 6) is 0.999. The van der Waals surface area contributed by atoms with Gasteiger partial charge >= 0.3 is 0 Å². The lowest BCUT2D eigenvalue weighted by atomic mass is 10.1. The lowest BCUT2D eigenvalue weighted by molar-refractivity contribution is 0.727. The van der Waals surface area contributed by atoms with Gasteiger partial charge in [0.1, 0.15) is 15.5 Å². The summed E-state index contributed by atoms with van der Waals surface area (Å²) in [5.41, 5.74) is 2.70. The van der Waals surface area contributed by atoms with Gasteiger partial charge in [-0.3, -0.25) is 14.2 Å². The van der Waals surface area contributed by atoms with Crippen molar-refractivity contribution in [1.82, 2.24) is 19.5 Å². The van der Waals surface area contributed by atoms with Crippen LogP contribution < -0.4 is 11.1 Å². The molecular formula is C22H18N4O2S3. The maximum Gasteiger partial charge on any atom is 0.263 e. The van der Waals surface area contributed by atoms with Crippen LogP contribution in [0.4, 0.5) is 0 Å². The third-order valence-electron chi connectivity index (χ3n) is 5.29. The maximum absolute atomic E-state index is 13.1. The smallest absolute Gasteiger partial charge is 0.263 e. The zero-order valence-electron chi connectivity index (χ0n) is 17.1. The van der Waals surface area contributed by atoms with Crippen molar-refractivity contribution in [3.63, 3.8) is 0 Å². The first-order valence-corrected chi connectivity index (χ1v) is 12.3. The molecule has 5 rings (SSSR count). The van der Waals surface area contributed by atoms with Crippen molar-refractivity contribution < 1.29 is 0 Å². The second kappa shape index (κ2) is 7.74. The fraction of sp³-hybridized carbons (Fsp3) is 0.182. The minimum atomic E-state index is -0.120. The van der Waals surface area contributed by atoms with E-state index in [1.54, 1.807) is 11.6 Å². The average Bonchev–Trinajstić information content (AvgIpc) is 3.31. The highest BCUT2D eigenvalue weighted by molar-refractivity contribution is 7.98. The van der Waals surface area contributed by atoms with E-state index in [9.17, 15) is 9.59 Å². The van der Waals surface area contributed by atoms with E-state index in [1.165, 1.54) is 34.4 Å². The monoisotopic (exact) mass is 466 g/mol. The van der Waals surface area contributed by atoms with E-state index in [0.29, 0.717) is 32.3 Å². The lowest BCUT2D eigenvalue weighted by Gasteiger charge is -2.08. The molecule has 0 aliphatic heterocycles. The molecule has 0 atom stereocenters. The molecule has 0 unspecified atom stereocenters. The number of aromatic nitrogens is 4. The number of nitrogens with zero attached hydrogens (tertiary/aromatic N) is 3. The van der Waals surface area contributed by atoms with Crippen molar-refractivity contribution in [2.75, 3.05) is 0 Å². The average molecular weight is 467 g/mol. The third kappa shape index (κ3) is 3.42. The van der Waals surface area contributed by atoms with Crippen LogP contribution in [0.15, 0.2) is 50.5 Å². The summed E-state index contributed by atoms with van der Waals surface area (Å²) < 4.78 is 1.57. The minimum absolute atomic E-state index is 0.0750. The molecule has 1 aromatic carbocycles. The van der Waals surface area contributed by atoms with Crippen molar-refractivity contribution in [3.05, 3.63) is 72.7 Å². The number of aromatic amines is 1. The Labute approximate surface area is 189 Å². The Balaban J connectivity index is 1.50. The summed E-state index contributed by atoms with van der Waals surface area (Å²) >= 11 is 4.39. The van der Waals surface area contributed by atoms with Gasteiger partial charge in [-0.1, -0.05) is 42.1 Å². The van der Waals surface area contributed by atoms with Gasteiger partial charge in [0.05, 0.1) is 16.5 Å². The molecule has 4 aromatic heterocycles. The lowest BCUT2D eigenvalue weighted by Crippen LogP contribution is -2.20. The third-order valence-corrected chi connectivity index (χ3v) is 8.30. The molecule has 6 nitrogen and oxygen atoms in total. The van der Waals surface area contributed by atoms with Gasteiger partial charge in [0.2, 0.25) is 0 Å². The van der Waals surface area contributed by atoms with E-state index in [1.807, 2.05) is 49.6 Å². The topological polar surface area (TPSA) is 80.6 Å². The standard InChI is InChI=1S/C22H18N4O2S3/c1-11-12(2)31-20-16(11)18(27)23-15(24-20)10-30-22-25-19-17(21(28)26(22)3)14(9-29-19)13-7-5-4-6-8-13/h4-9H,10H2,1-3H3,(H,23,24,27). The summed E-state index contributed by atoms with van der Waals surface area (Å²) in [6.45, 7) is 3.94.